The Morgan fingerprint density at radius 3 is 2.44 bits per heavy atom. The van der Waals surface area contributed by atoms with Crippen molar-refractivity contribution in [3.63, 3.8) is 0 Å². The minimum atomic E-state index is -4.42. The third-order valence-electron chi connectivity index (χ3n) is 2.43. The summed E-state index contributed by atoms with van der Waals surface area (Å²) >= 11 is 0. The first-order valence-corrected chi connectivity index (χ1v) is 7.44. The maximum atomic E-state index is 11.7. The Morgan fingerprint density at radius 1 is 1.33 bits per heavy atom. The van der Waals surface area contributed by atoms with E-state index < -0.39 is 19.4 Å². The third-order valence-corrected chi connectivity index (χ3v) is 3.55. The van der Waals surface area contributed by atoms with Crippen molar-refractivity contribution in [2.75, 3.05) is 0 Å². The summed E-state index contributed by atoms with van der Waals surface area (Å²) in [5.41, 5.74) is 0.285. The predicted molar refractivity (Wildman–Crippen MR) is 67.2 cm³/mol. The van der Waals surface area contributed by atoms with Gasteiger partial charge >= 0.3 is 13.6 Å². The highest BCUT2D eigenvalue weighted by atomic mass is 31.2. The predicted octanol–water partition coefficient (Wildman–Crippen LogP) is 2.54. The molecule has 0 heterocycles. The van der Waals surface area contributed by atoms with Crippen LogP contribution in [0.15, 0.2) is 30.3 Å². The fraction of sp³-hybridized carbons (Fsp3) is 0.417. The second kappa shape index (κ2) is 6.69. The first kappa shape index (κ1) is 14.9. The van der Waals surface area contributed by atoms with Crippen LogP contribution in [0.4, 0.5) is 0 Å². The molecule has 6 heteroatoms. The zero-order valence-corrected chi connectivity index (χ0v) is 11.0. The van der Waals surface area contributed by atoms with Gasteiger partial charge in [0.25, 0.3) is 0 Å². The van der Waals surface area contributed by atoms with Crippen LogP contribution < -0.4 is 0 Å². The number of carbonyl (C=O) groups excluding carboxylic acids is 1. The van der Waals surface area contributed by atoms with Gasteiger partial charge in [-0.15, -0.1) is 0 Å². The third kappa shape index (κ3) is 4.61. The number of hydrogen-bond acceptors (Lipinski definition) is 3. The average Bonchev–Trinajstić information content (AvgIpc) is 2.34. The lowest BCUT2D eigenvalue weighted by Gasteiger charge is -2.18. The molecule has 1 aromatic rings. The van der Waals surface area contributed by atoms with E-state index in [0.717, 1.165) is 6.42 Å². The van der Waals surface area contributed by atoms with Gasteiger partial charge in [0.2, 0.25) is 5.85 Å². The van der Waals surface area contributed by atoms with E-state index in [1.807, 2.05) is 6.92 Å². The highest BCUT2D eigenvalue weighted by Gasteiger charge is 2.32. The molecule has 2 N–H and O–H groups in total. The second-order valence-electron chi connectivity index (χ2n) is 3.96. The molecule has 5 nitrogen and oxygen atoms in total. The van der Waals surface area contributed by atoms with E-state index in [1.54, 1.807) is 30.3 Å². The number of esters is 1. The van der Waals surface area contributed by atoms with Crippen LogP contribution >= 0.6 is 7.60 Å². The van der Waals surface area contributed by atoms with Crippen LogP contribution in [0.2, 0.25) is 0 Å². The maximum Gasteiger partial charge on any atom is 0.365 e. The van der Waals surface area contributed by atoms with Gasteiger partial charge < -0.3 is 14.5 Å². The summed E-state index contributed by atoms with van der Waals surface area (Å²) in [6.45, 7) is 1.90. The van der Waals surface area contributed by atoms with Crippen molar-refractivity contribution in [2.45, 2.75) is 32.0 Å². The van der Waals surface area contributed by atoms with E-state index >= 15 is 0 Å². The summed E-state index contributed by atoms with van der Waals surface area (Å²) in [5, 5.41) is 0. The monoisotopic (exact) mass is 272 g/mol. The molecule has 0 radical (unpaired) electrons. The van der Waals surface area contributed by atoms with E-state index in [2.05, 4.69) is 0 Å². The molecule has 1 atom stereocenters. The minimum absolute atomic E-state index is 0.166. The zero-order valence-electron chi connectivity index (χ0n) is 10.2. The van der Waals surface area contributed by atoms with Gasteiger partial charge in [-0.1, -0.05) is 31.5 Å². The molecule has 0 aliphatic heterocycles. The SMILES string of the molecule is CCCCC(OC(=O)c1ccccc1)P(=O)(O)O. The Bertz CT molecular complexity index is 425. The van der Waals surface area contributed by atoms with Crippen molar-refractivity contribution >= 4 is 13.6 Å². The molecule has 0 spiro atoms. The van der Waals surface area contributed by atoms with Crippen LogP contribution in [-0.4, -0.2) is 21.6 Å². The van der Waals surface area contributed by atoms with Crippen molar-refractivity contribution in [2.24, 2.45) is 0 Å². The van der Waals surface area contributed by atoms with Gasteiger partial charge in [0.05, 0.1) is 5.56 Å². The fourth-order valence-corrected chi connectivity index (χ4v) is 2.19. The normalized spacial score (nSPS) is 13.1. The topological polar surface area (TPSA) is 83.8 Å². The van der Waals surface area contributed by atoms with Crippen molar-refractivity contribution in [3.05, 3.63) is 35.9 Å². The molecular weight excluding hydrogens is 255 g/mol. The molecule has 1 aromatic carbocycles. The number of carbonyl (C=O) groups is 1. The van der Waals surface area contributed by atoms with Crippen LogP contribution in [0.5, 0.6) is 0 Å². The molecule has 0 saturated carbocycles. The Hall–Kier alpha value is -1.16. The van der Waals surface area contributed by atoms with E-state index in [-0.39, 0.29) is 12.0 Å². The summed E-state index contributed by atoms with van der Waals surface area (Å²) in [5.74, 6) is -2.06. The molecule has 0 aromatic heterocycles. The Kier molecular flexibility index (Phi) is 5.54. The van der Waals surface area contributed by atoms with Crippen molar-refractivity contribution in [1.29, 1.82) is 0 Å². The van der Waals surface area contributed by atoms with Gasteiger partial charge in [-0.05, 0) is 25.0 Å². The number of rotatable bonds is 6. The summed E-state index contributed by atoms with van der Waals surface area (Å²) < 4.78 is 16.1. The van der Waals surface area contributed by atoms with Gasteiger partial charge in [0, 0.05) is 0 Å². The Labute approximate surface area is 106 Å². The van der Waals surface area contributed by atoms with Crippen LogP contribution in [-0.2, 0) is 9.30 Å². The van der Waals surface area contributed by atoms with E-state index in [9.17, 15) is 9.36 Å². The first-order valence-electron chi connectivity index (χ1n) is 5.76. The number of hydrogen-bond donors (Lipinski definition) is 2. The smallest absolute Gasteiger partial charge is 0.365 e. The fourth-order valence-electron chi connectivity index (χ4n) is 1.44. The summed E-state index contributed by atoms with van der Waals surface area (Å²) in [7, 11) is -4.42. The van der Waals surface area contributed by atoms with E-state index in [0.29, 0.717) is 6.42 Å². The van der Waals surface area contributed by atoms with Crippen LogP contribution in [0, 0.1) is 0 Å². The quantitative estimate of drug-likeness (QED) is 0.614. The molecule has 18 heavy (non-hydrogen) atoms. The first-order chi connectivity index (χ1) is 8.45. The summed E-state index contributed by atoms with van der Waals surface area (Å²) in [6, 6.07) is 8.15. The van der Waals surface area contributed by atoms with Crippen molar-refractivity contribution < 1.29 is 23.9 Å². The molecule has 0 amide bonds. The summed E-state index contributed by atoms with van der Waals surface area (Å²) in [4.78, 5) is 30.0. The Morgan fingerprint density at radius 2 is 1.94 bits per heavy atom. The van der Waals surface area contributed by atoms with Crippen LogP contribution in [0.25, 0.3) is 0 Å². The van der Waals surface area contributed by atoms with Gasteiger partial charge in [-0.3, -0.25) is 4.57 Å². The van der Waals surface area contributed by atoms with Crippen LogP contribution in [0.1, 0.15) is 36.5 Å². The van der Waals surface area contributed by atoms with Gasteiger partial charge in [-0.2, -0.15) is 0 Å². The number of ether oxygens (including phenoxy) is 1. The highest BCUT2D eigenvalue weighted by molar-refractivity contribution is 7.52. The molecule has 1 unspecified atom stereocenters. The molecule has 1 rings (SSSR count). The molecule has 0 fully saturated rings. The number of unbranched alkanes of at least 4 members (excludes halogenated alkanes) is 1. The molecule has 100 valence electrons. The molecule has 0 aliphatic rings. The molecule has 0 bridgehead atoms. The van der Waals surface area contributed by atoms with Gasteiger partial charge in [0.15, 0.2) is 0 Å². The average molecular weight is 272 g/mol. The van der Waals surface area contributed by atoms with Gasteiger partial charge in [0.1, 0.15) is 0 Å². The lowest BCUT2D eigenvalue weighted by atomic mass is 10.2. The lowest BCUT2D eigenvalue weighted by molar-refractivity contribution is 0.0383. The maximum absolute atomic E-state index is 11.7. The molecular formula is C12H17O5P. The zero-order chi connectivity index (χ0) is 13.6. The van der Waals surface area contributed by atoms with Crippen LogP contribution in [0.3, 0.4) is 0 Å². The van der Waals surface area contributed by atoms with Crippen molar-refractivity contribution in [1.82, 2.24) is 0 Å². The Balaban J connectivity index is 2.72. The minimum Gasteiger partial charge on any atom is -0.446 e. The van der Waals surface area contributed by atoms with E-state index in [1.165, 1.54) is 0 Å². The largest absolute Gasteiger partial charge is 0.446 e. The highest BCUT2D eigenvalue weighted by Crippen LogP contribution is 2.44. The lowest BCUT2D eigenvalue weighted by Crippen LogP contribution is -2.18. The molecule has 0 saturated heterocycles. The number of benzene rings is 1. The standard InChI is InChI=1S/C12H17O5P/c1-2-3-9-11(18(14,15)16)17-12(13)10-7-5-4-6-8-10/h4-8,11H,2-3,9H2,1H3,(H2,14,15,16). The van der Waals surface area contributed by atoms with Crippen molar-refractivity contribution in [3.8, 4) is 0 Å². The van der Waals surface area contributed by atoms with E-state index in [4.69, 9.17) is 14.5 Å². The second-order valence-corrected chi connectivity index (χ2v) is 5.71. The summed E-state index contributed by atoms with van der Waals surface area (Å²) in [6.07, 6.45) is 1.54. The molecule has 0 aliphatic carbocycles. The van der Waals surface area contributed by atoms with Gasteiger partial charge in [-0.25, -0.2) is 4.79 Å².